The zero-order valence-electron chi connectivity index (χ0n) is 22.9. The van der Waals surface area contributed by atoms with Crippen LogP contribution in [0.5, 0.6) is 0 Å². The van der Waals surface area contributed by atoms with Crippen molar-refractivity contribution in [3.05, 3.63) is 79.1 Å². The minimum atomic E-state index is -0.927. The van der Waals surface area contributed by atoms with Gasteiger partial charge in [-0.25, -0.2) is 28.3 Å². The Morgan fingerprint density at radius 2 is 1.23 bits per heavy atom. The lowest BCUT2D eigenvalue weighted by Gasteiger charge is -2.09. The molecule has 1 fully saturated rings. The number of pyridine rings is 2. The van der Waals surface area contributed by atoms with Gasteiger partial charge in [-0.1, -0.05) is 46.4 Å². The molecule has 0 atom stereocenters. The highest BCUT2D eigenvalue weighted by atomic mass is 35.5. The number of hydrogen-bond acceptors (Lipinski definition) is 10. The number of esters is 2. The molecule has 232 valence electrons. The highest BCUT2D eigenvalue weighted by Crippen LogP contribution is 2.25. The monoisotopic (exact) mass is 681 g/mol. The first-order valence-corrected chi connectivity index (χ1v) is 14.1. The van der Waals surface area contributed by atoms with Crippen LogP contribution < -0.4 is 5.32 Å². The quantitative estimate of drug-likeness (QED) is 0.0532. The van der Waals surface area contributed by atoms with Crippen LogP contribution in [0.25, 0.3) is 0 Å². The Labute approximate surface area is 265 Å². The summed E-state index contributed by atoms with van der Waals surface area (Å²) in [4.78, 5) is 55.4. The first-order chi connectivity index (χ1) is 20.4. The lowest BCUT2D eigenvalue weighted by Crippen LogP contribution is -2.21. The Kier molecular flexibility index (Phi) is 14.3. The Morgan fingerprint density at radius 3 is 1.65 bits per heavy atom. The van der Waals surface area contributed by atoms with Gasteiger partial charge in [-0.15, -0.1) is 0 Å². The van der Waals surface area contributed by atoms with Crippen molar-refractivity contribution < 1.29 is 42.2 Å². The fourth-order valence-electron chi connectivity index (χ4n) is 2.95. The standard InChI is InChI=1S/C14H13Cl2FN2O3.C13H12Cl2FNO4/c1-2-22-14(21)9(6-18-7-3-4-7)11(20)8-5-10(17)13(16)19-12(8)15;1-3-20-6-8(13(19)21-4-2)10(18)7-5-9(16)12(15)17-11(7)14/h5-7,18H,2-4H2,1H3;5-6H,3-4H2,1-2H3. The summed E-state index contributed by atoms with van der Waals surface area (Å²) >= 11 is 22.5. The van der Waals surface area contributed by atoms with Gasteiger partial charge in [0.2, 0.25) is 11.6 Å². The van der Waals surface area contributed by atoms with Crippen LogP contribution in [0.1, 0.15) is 54.3 Å². The second kappa shape index (κ2) is 17.1. The molecule has 0 spiro atoms. The summed E-state index contributed by atoms with van der Waals surface area (Å²) < 4.78 is 41.4. The Balaban J connectivity index is 0.000000301. The molecule has 0 radical (unpaired) electrons. The zero-order valence-corrected chi connectivity index (χ0v) is 26.0. The number of rotatable bonds is 12. The number of carbonyl (C=O) groups is 4. The fourth-order valence-corrected chi connectivity index (χ4v) is 3.76. The van der Waals surface area contributed by atoms with Gasteiger partial charge in [0.25, 0.3) is 0 Å². The van der Waals surface area contributed by atoms with Crippen molar-refractivity contribution in [1.29, 1.82) is 0 Å². The average Bonchev–Trinajstić information content (AvgIpc) is 3.78. The SMILES string of the molecule is CCOC(=O)C(=CNC1CC1)C(=O)c1cc(F)c(Cl)nc1Cl.CCOC=C(C(=O)OCC)C(=O)c1cc(F)c(Cl)nc1Cl. The predicted octanol–water partition coefficient (Wildman–Crippen LogP) is 6.10. The molecule has 16 heteroatoms. The molecule has 1 N–H and O–H groups in total. The average molecular weight is 683 g/mol. The normalized spacial score (nSPS) is 13.0. The van der Waals surface area contributed by atoms with Crippen molar-refractivity contribution in [2.75, 3.05) is 19.8 Å². The number of Topliss-reactive ketones (excluding diaryl/α,β-unsaturated/α-hetero) is 2. The minimum absolute atomic E-state index is 0.0660. The molecule has 1 aliphatic carbocycles. The molecule has 2 heterocycles. The van der Waals surface area contributed by atoms with Crippen molar-refractivity contribution in [3.8, 4) is 0 Å². The number of carbonyl (C=O) groups excluding carboxylic acids is 4. The van der Waals surface area contributed by atoms with E-state index >= 15 is 0 Å². The Morgan fingerprint density at radius 1 is 0.791 bits per heavy atom. The summed E-state index contributed by atoms with van der Waals surface area (Å²) in [6, 6.07) is 1.89. The van der Waals surface area contributed by atoms with Gasteiger partial charge in [0.1, 0.15) is 27.7 Å². The van der Waals surface area contributed by atoms with Crippen LogP contribution >= 0.6 is 46.4 Å². The second-order valence-corrected chi connectivity index (χ2v) is 9.72. The van der Waals surface area contributed by atoms with E-state index < -0.39 is 51.0 Å². The molecule has 0 saturated heterocycles. The molecule has 10 nitrogen and oxygen atoms in total. The van der Waals surface area contributed by atoms with Crippen LogP contribution in [0.2, 0.25) is 20.6 Å². The van der Waals surface area contributed by atoms with Gasteiger partial charge in [-0.3, -0.25) is 9.59 Å². The summed E-state index contributed by atoms with van der Waals surface area (Å²) in [5, 5.41) is 1.41. The molecule has 0 bridgehead atoms. The van der Waals surface area contributed by atoms with E-state index in [0.29, 0.717) is 0 Å². The van der Waals surface area contributed by atoms with E-state index in [-0.39, 0.29) is 52.9 Å². The third-order valence-corrected chi connectivity index (χ3v) is 6.26. The molecule has 3 rings (SSSR count). The largest absolute Gasteiger partial charge is 0.500 e. The molecule has 1 aliphatic rings. The van der Waals surface area contributed by atoms with Crippen molar-refractivity contribution in [3.63, 3.8) is 0 Å². The first-order valence-electron chi connectivity index (χ1n) is 12.6. The Bertz CT molecular complexity index is 1450. The van der Waals surface area contributed by atoms with Gasteiger partial charge in [0, 0.05) is 12.2 Å². The number of ether oxygens (including phenoxy) is 3. The van der Waals surface area contributed by atoms with E-state index in [0.717, 1.165) is 31.2 Å². The van der Waals surface area contributed by atoms with Crippen LogP contribution in [0.15, 0.2) is 35.7 Å². The van der Waals surface area contributed by atoms with Crippen molar-refractivity contribution in [1.82, 2.24) is 15.3 Å². The maximum absolute atomic E-state index is 13.5. The van der Waals surface area contributed by atoms with Crippen molar-refractivity contribution >= 4 is 69.9 Å². The fraction of sp³-hybridized carbons (Fsp3) is 0.333. The number of ketones is 2. The van der Waals surface area contributed by atoms with Crippen molar-refractivity contribution in [2.45, 2.75) is 39.7 Å². The zero-order chi connectivity index (χ0) is 32.3. The number of aromatic nitrogens is 2. The number of nitrogens with one attached hydrogen (secondary N) is 1. The van der Waals surface area contributed by atoms with Gasteiger partial charge >= 0.3 is 11.9 Å². The third kappa shape index (κ3) is 10.4. The van der Waals surface area contributed by atoms with Crippen LogP contribution in [0.4, 0.5) is 8.78 Å². The van der Waals surface area contributed by atoms with Gasteiger partial charge < -0.3 is 19.5 Å². The number of hydrogen-bond donors (Lipinski definition) is 1. The smallest absolute Gasteiger partial charge is 0.345 e. The van der Waals surface area contributed by atoms with E-state index in [9.17, 15) is 28.0 Å². The van der Waals surface area contributed by atoms with Crippen LogP contribution in [-0.4, -0.2) is 59.3 Å². The van der Waals surface area contributed by atoms with Crippen molar-refractivity contribution in [2.24, 2.45) is 0 Å². The summed E-state index contributed by atoms with van der Waals surface area (Å²) in [5.74, 6) is -5.18. The molecule has 43 heavy (non-hydrogen) atoms. The summed E-state index contributed by atoms with van der Waals surface area (Å²) in [6.07, 6.45) is 4.14. The second-order valence-electron chi connectivity index (χ2n) is 8.28. The van der Waals surface area contributed by atoms with Gasteiger partial charge in [-0.05, 0) is 45.7 Å². The number of halogens is 6. The summed E-state index contributed by atoms with van der Waals surface area (Å²) in [6.45, 7) is 5.27. The molecule has 0 unspecified atom stereocenters. The summed E-state index contributed by atoms with van der Waals surface area (Å²) in [7, 11) is 0. The molecule has 0 amide bonds. The van der Waals surface area contributed by atoms with Crippen LogP contribution in [-0.2, 0) is 23.8 Å². The Hall–Kier alpha value is -3.32. The van der Waals surface area contributed by atoms with E-state index in [2.05, 4.69) is 15.3 Å². The lowest BCUT2D eigenvalue weighted by atomic mass is 10.1. The van der Waals surface area contributed by atoms with Gasteiger partial charge in [0.15, 0.2) is 21.9 Å². The molecule has 0 aliphatic heterocycles. The van der Waals surface area contributed by atoms with Crippen LogP contribution in [0.3, 0.4) is 0 Å². The molecule has 2 aromatic heterocycles. The topological polar surface area (TPSA) is 134 Å². The lowest BCUT2D eigenvalue weighted by molar-refractivity contribution is -0.139. The van der Waals surface area contributed by atoms with Crippen LogP contribution in [0, 0.1) is 11.6 Å². The molecular weight excluding hydrogens is 658 g/mol. The molecule has 1 saturated carbocycles. The van der Waals surface area contributed by atoms with E-state index in [1.54, 1.807) is 20.8 Å². The summed E-state index contributed by atoms with van der Waals surface area (Å²) in [5.41, 5.74) is -1.23. The third-order valence-electron chi connectivity index (χ3n) is 5.15. The van der Waals surface area contributed by atoms with E-state index in [1.807, 2.05) is 0 Å². The van der Waals surface area contributed by atoms with Gasteiger partial charge in [0.05, 0.1) is 30.9 Å². The molecule has 2 aromatic rings. The highest BCUT2D eigenvalue weighted by Gasteiger charge is 2.28. The van der Waals surface area contributed by atoms with E-state index in [1.165, 1.54) is 6.20 Å². The van der Waals surface area contributed by atoms with Gasteiger partial charge in [-0.2, -0.15) is 0 Å². The highest BCUT2D eigenvalue weighted by molar-refractivity contribution is 6.38. The maximum Gasteiger partial charge on any atom is 0.345 e. The first kappa shape index (κ1) is 35.9. The maximum atomic E-state index is 13.5. The number of nitrogens with zero attached hydrogens (tertiary/aromatic N) is 2. The molecule has 0 aromatic carbocycles. The van der Waals surface area contributed by atoms with E-state index in [4.69, 9.17) is 60.6 Å². The molecular formula is C27H25Cl4F2N3O7. The minimum Gasteiger partial charge on any atom is -0.500 e. The predicted molar refractivity (Wildman–Crippen MR) is 154 cm³/mol.